The first-order valence-corrected chi connectivity index (χ1v) is 6.66. The van der Waals surface area contributed by atoms with Gasteiger partial charge in [0.25, 0.3) is 0 Å². The number of carbonyl (C=O) groups is 1. The molecule has 2 amide bonds. The number of nitrogens with one attached hydrogen (secondary N) is 2. The van der Waals surface area contributed by atoms with E-state index in [0.717, 1.165) is 0 Å². The van der Waals surface area contributed by atoms with Crippen molar-refractivity contribution in [1.82, 2.24) is 4.98 Å². The molecular weight excluding hydrogens is 288 g/mol. The van der Waals surface area contributed by atoms with Crippen LogP contribution in [0.4, 0.5) is 15.6 Å². The number of aliphatic hydroxyl groups is 1. The van der Waals surface area contributed by atoms with Crippen molar-refractivity contribution < 1.29 is 9.90 Å². The number of thiazole rings is 1. The molecule has 0 fully saturated rings. The van der Waals surface area contributed by atoms with E-state index in [9.17, 15) is 4.79 Å². The lowest BCUT2D eigenvalue weighted by atomic mass is 10.2. The Morgan fingerprint density at radius 3 is 3.05 bits per heavy atom. The summed E-state index contributed by atoms with van der Waals surface area (Å²) in [6, 6.07) is 8.12. The Labute approximate surface area is 125 Å². The third kappa shape index (κ3) is 4.32. The molecule has 0 radical (unpaired) electrons. The Kier molecular flexibility index (Phi) is 4.89. The topological polar surface area (TPSA) is 98.0 Å². The molecule has 0 aliphatic rings. The van der Waals surface area contributed by atoms with Crippen LogP contribution in [0.15, 0.2) is 30.5 Å². The van der Waals surface area contributed by atoms with Gasteiger partial charge in [-0.1, -0.05) is 29.2 Å². The fraction of sp³-hybridized carbons (Fsp3) is 0.0714. The van der Waals surface area contributed by atoms with Crippen LogP contribution in [0.3, 0.4) is 0 Å². The Hall–Kier alpha value is -2.87. The van der Waals surface area contributed by atoms with E-state index in [4.69, 9.17) is 10.4 Å². The number of nitriles is 1. The molecule has 0 bridgehead atoms. The summed E-state index contributed by atoms with van der Waals surface area (Å²) in [5, 5.41) is 23.0. The van der Waals surface area contributed by atoms with Crippen molar-refractivity contribution in [3.05, 3.63) is 40.9 Å². The lowest BCUT2D eigenvalue weighted by molar-refractivity contribution is 0.262. The Bertz CT molecular complexity index is 752. The van der Waals surface area contributed by atoms with Crippen molar-refractivity contribution in [3.8, 4) is 17.9 Å². The zero-order chi connectivity index (χ0) is 15.1. The number of amides is 2. The molecule has 0 aliphatic carbocycles. The van der Waals surface area contributed by atoms with Gasteiger partial charge in [-0.15, -0.1) is 0 Å². The highest BCUT2D eigenvalue weighted by Crippen LogP contribution is 2.17. The lowest BCUT2D eigenvalue weighted by Gasteiger charge is -2.05. The second-order valence-electron chi connectivity index (χ2n) is 3.76. The molecule has 0 saturated carbocycles. The molecule has 0 saturated heterocycles. The van der Waals surface area contributed by atoms with Gasteiger partial charge < -0.3 is 10.4 Å². The number of nitrogens with zero attached hydrogens (tertiary/aromatic N) is 2. The average Bonchev–Trinajstić information content (AvgIpc) is 2.92. The number of urea groups is 1. The fourth-order valence-electron chi connectivity index (χ4n) is 1.44. The summed E-state index contributed by atoms with van der Waals surface area (Å²) < 4.78 is 0. The van der Waals surface area contributed by atoms with E-state index >= 15 is 0 Å². The molecule has 1 aromatic carbocycles. The van der Waals surface area contributed by atoms with Crippen LogP contribution in [0.5, 0.6) is 0 Å². The molecule has 0 atom stereocenters. The van der Waals surface area contributed by atoms with E-state index in [0.29, 0.717) is 21.3 Å². The normalized spacial score (nSPS) is 9.14. The van der Waals surface area contributed by atoms with Crippen LogP contribution >= 0.6 is 11.3 Å². The molecule has 1 aromatic heterocycles. The van der Waals surface area contributed by atoms with Crippen molar-refractivity contribution >= 4 is 28.2 Å². The van der Waals surface area contributed by atoms with E-state index in [-0.39, 0.29) is 6.61 Å². The Balaban J connectivity index is 1.98. The minimum Gasteiger partial charge on any atom is -0.384 e. The molecule has 1 heterocycles. The highest BCUT2D eigenvalue weighted by Gasteiger charge is 2.06. The second kappa shape index (κ2) is 7.06. The van der Waals surface area contributed by atoms with E-state index in [1.165, 1.54) is 17.5 Å². The Morgan fingerprint density at radius 2 is 2.29 bits per heavy atom. The van der Waals surface area contributed by atoms with Crippen molar-refractivity contribution in [2.75, 3.05) is 17.2 Å². The average molecular weight is 298 g/mol. The number of hydrogen-bond acceptors (Lipinski definition) is 5. The van der Waals surface area contributed by atoms with Crippen LogP contribution in [0, 0.1) is 23.2 Å². The number of aromatic nitrogens is 1. The number of hydrogen-bond donors (Lipinski definition) is 3. The van der Waals surface area contributed by atoms with Gasteiger partial charge in [0.05, 0.1) is 22.7 Å². The predicted molar refractivity (Wildman–Crippen MR) is 79.9 cm³/mol. The van der Waals surface area contributed by atoms with Crippen molar-refractivity contribution in [1.29, 1.82) is 5.26 Å². The SMILES string of the molecule is N#Cc1cccc(NC(=O)Nc2ncc(C#CCO)s2)c1. The van der Waals surface area contributed by atoms with Crippen molar-refractivity contribution in [3.63, 3.8) is 0 Å². The smallest absolute Gasteiger partial charge is 0.325 e. The van der Waals surface area contributed by atoms with Crippen LogP contribution in [-0.4, -0.2) is 22.7 Å². The summed E-state index contributed by atoms with van der Waals surface area (Å²) in [4.78, 5) is 16.4. The maximum absolute atomic E-state index is 11.8. The molecule has 0 spiro atoms. The number of benzene rings is 1. The van der Waals surface area contributed by atoms with Crippen molar-refractivity contribution in [2.24, 2.45) is 0 Å². The van der Waals surface area contributed by atoms with Gasteiger partial charge >= 0.3 is 6.03 Å². The highest BCUT2D eigenvalue weighted by molar-refractivity contribution is 7.16. The standard InChI is InChI=1S/C14H10N4O2S/c15-8-10-3-1-4-11(7-10)17-13(20)18-14-16-9-12(21-14)5-2-6-19/h1,3-4,7,9,19H,6H2,(H2,16,17,18,20). The van der Waals surface area contributed by atoms with Gasteiger partial charge in [-0.25, -0.2) is 9.78 Å². The number of anilines is 2. The van der Waals surface area contributed by atoms with E-state index in [1.54, 1.807) is 24.3 Å². The first-order chi connectivity index (χ1) is 10.2. The minimum absolute atomic E-state index is 0.226. The van der Waals surface area contributed by atoms with Crippen LogP contribution in [0.25, 0.3) is 0 Å². The molecule has 21 heavy (non-hydrogen) atoms. The molecule has 0 unspecified atom stereocenters. The molecule has 2 rings (SSSR count). The summed E-state index contributed by atoms with van der Waals surface area (Å²) in [5.41, 5.74) is 0.979. The summed E-state index contributed by atoms with van der Waals surface area (Å²) in [6.07, 6.45) is 1.51. The summed E-state index contributed by atoms with van der Waals surface area (Å²) in [7, 11) is 0. The number of aliphatic hydroxyl groups excluding tert-OH is 1. The molecule has 0 aliphatic heterocycles. The highest BCUT2D eigenvalue weighted by atomic mass is 32.1. The maximum atomic E-state index is 11.8. The quantitative estimate of drug-likeness (QED) is 0.739. The van der Waals surface area contributed by atoms with Gasteiger partial charge in [-0.3, -0.25) is 5.32 Å². The van der Waals surface area contributed by atoms with Crippen LogP contribution in [0.1, 0.15) is 10.4 Å². The van der Waals surface area contributed by atoms with E-state index in [1.807, 2.05) is 6.07 Å². The summed E-state index contributed by atoms with van der Waals surface area (Å²) >= 11 is 1.20. The first-order valence-electron chi connectivity index (χ1n) is 5.85. The largest absolute Gasteiger partial charge is 0.384 e. The summed E-state index contributed by atoms with van der Waals surface area (Å²) in [5.74, 6) is 5.20. The molecular formula is C14H10N4O2S. The van der Waals surface area contributed by atoms with Gasteiger partial charge in [0.1, 0.15) is 6.61 Å². The van der Waals surface area contributed by atoms with Gasteiger partial charge in [-0.05, 0) is 18.2 Å². The van der Waals surface area contributed by atoms with E-state index < -0.39 is 6.03 Å². The lowest BCUT2D eigenvalue weighted by Crippen LogP contribution is -2.19. The number of carbonyl (C=O) groups excluding carboxylic acids is 1. The van der Waals surface area contributed by atoms with E-state index in [2.05, 4.69) is 27.5 Å². The summed E-state index contributed by atoms with van der Waals surface area (Å²) in [6.45, 7) is -0.226. The third-order valence-electron chi connectivity index (χ3n) is 2.27. The fourth-order valence-corrected chi connectivity index (χ4v) is 2.13. The second-order valence-corrected chi connectivity index (χ2v) is 4.79. The third-order valence-corrected chi connectivity index (χ3v) is 3.09. The van der Waals surface area contributed by atoms with Gasteiger partial charge in [0, 0.05) is 5.69 Å². The first kappa shape index (κ1) is 14.5. The molecule has 104 valence electrons. The zero-order valence-corrected chi connectivity index (χ0v) is 11.6. The van der Waals surface area contributed by atoms with Gasteiger partial charge in [-0.2, -0.15) is 5.26 Å². The molecule has 6 nitrogen and oxygen atoms in total. The van der Waals surface area contributed by atoms with Crippen LogP contribution < -0.4 is 10.6 Å². The van der Waals surface area contributed by atoms with Gasteiger partial charge in [0.2, 0.25) is 0 Å². The minimum atomic E-state index is -0.457. The number of rotatable bonds is 2. The van der Waals surface area contributed by atoms with Crippen LogP contribution in [0.2, 0.25) is 0 Å². The van der Waals surface area contributed by atoms with Gasteiger partial charge in [0.15, 0.2) is 5.13 Å². The molecule has 3 N–H and O–H groups in total. The predicted octanol–water partition coefficient (Wildman–Crippen LogP) is 2.00. The zero-order valence-electron chi connectivity index (χ0n) is 10.8. The maximum Gasteiger partial charge on any atom is 0.325 e. The monoisotopic (exact) mass is 298 g/mol. The molecule has 2 aromatic rings. The van der Waals surface area contributed by atoms with Crippen molar-refractivity contribution in [2.45, 2.75) is 0 Å². The Morgan fingerprint density at radius 1 is 1.43 bits per heavy atom. The van der Waals surface area contributed by atoms with Crippen LogP contribution in [-0.2, 0) is 0 Å². The molecule has 7 heteroatoms.